The molecule has 0 radical (unpaired) electrons. The average molecular weight is 292 g/mol. The van der Waals surface area contributed by atoms with E-state index in [1.807, 2.05) is 0 Å². The van der Waals surface area contributed by atoms with Crippen molar-refractivity contribution in [2.24, 2.45) is 0 Å². The maximum Gasteiger partial charge on any atom is 0.292 e. The molecule has 0 bridgehead atoms. The van der Waals surface area contributed by atoms with Gasteiger partial charge in [-0.15, -0.1) is 0 Å². The molecule has 0 aliphatic heterocycles. The van der Waals surface area contributed by atoms with Crippen LogP contribution in [0.15, 0.2) is 24.5 Å². The summed E-state index contributed by atoms with van der Waals surface area (Å²) in [6.45, 7) is 0. The number of aromatic nitrogens is 2. The van der Waals surface area contributed by atoms with Gasteiger partial charge >= 0.3 is 0 Å². The van der Waals surface area contributed by atoms with E-state index in [0.29, 0.717) is 27.7 Å². The lowest BCUT2D eigenvalue weighted by molar-refractivity contribution is -0.594. The number of ether oxygens (including phenoxy) is 4. The molecule has 112 valence electrons. The van der Waals surface area contributed by atoms with Crippen LogP contribution in [-0.4, -0.2) is 33.4 Å². The topological polar surface area (TPSA) is 76.8 Å². The van der Waals surface area contributed by atoms with Crippen molar-refractivity contribution in [3.63, 3.8) is 0 Å². The molecule has 0 fully saturated rings. The molecule has 0 unspecified atom stereocenters. The van der Waals surface area contributed by atoms with E-state index in [-0.39, 0.29) is 11.4 Å². The fourth-order valence-electron chi connectivity index (χ4n) is 2.03. The van der Waals surface area contributed by atoms with Gasteiger partial charge in [-0.25, -0.2) is 4.98 Å². The molecule has 21 heavy (non-hydrogen) atoms. The van der Waals surface area contributed by atoms with Gasteiger partial charge in [0.05, 0.1) is 28.4 Å². The molecule has 2 rings (SSSR count). The number of rotatable bonds is 5. The van der Waals surface area contributed by atoms with E-state index in [1.54, 1.807) is 6.07 Å². The third kappa shape index (κ3) is 2.49. The van der Waals surface area contributed by atoms with Gasteiger partial charge in [-0.1, -0.05) is 0 Å². The highest BCUT2D eigenvalue weighted by molar-refractivity contribution is 5.71. The summed E-state index contributed by atoms with van der Waals surface area (Å²) in [4.78, 5) is 4.21. The molecule has 0 saturated heterocycles. The fourth-order valence-corrected chi connectivity index (χ4v) is 2.03. The van der Waals surface area contributed by atoms with Gasteiger partial charge in [0.1, 0.15) is 0 Å². The standard InChI is InChI=1S/C14H16N2O5/c1-18-9-5-7-15-11(13(9)20-3)12-14(21-4)10(19-2)6-8-16(12)17/h5-8H,1-4H3. The minimum Gasteiger partial charge on any atom is -0.618 e. The van der Waals surface area contributed by atoms with Crippen LogP contribution in [-0.2, 0) is 0 Å². The maximum atomic E-state index is 12.2. The minimum absolute atomic E-state index is 0.188. The zero-order valence-corrected chi connectivity index (χ0v) is 12.2. The van der Waals surface area contributed by atoms with E-state index in [9.17, 15) is 5.21 Å². The highest BCUT2D eigenvalue weighted by Gasteiger charge is 2.27. The van der Waals surface area contributed by atoms with Crippen molar-refractivity contribution in [1.82, 2.24) is 4.98 Å². The molecule has 2 aromatic heterocycles. The Hall–Kier alpha value is -2.70. The normalized spacial score (nSPS) is 10.1. The Kier molecular flexibility index (Phi) is 4.32. The van der Waals surface area contributed by atoms with Gasteiger partial charge in [-0.05, 0) is 0 Å². The second kappa shape index (κ2) is 6.17. The Bertz CT molecular complexity index is 646. The number of hydrogen-bond acceptors (Lipinski definition) is 6. The Morgan fingerprint density at radius 3 is 2.10 bits per heavy atom. The molecule has 0 N–H and O–H groups in total. The van der Waals surface area contributed by atoms with Gasteiger partial charge in [-0.3, -0.25) is 0 Å². The summed E-state index contributed by atoms with van der Waals surface area (Å²) in [5.41, 5.74) is 0.496. The Morgan fingerprint density at radius 1 is 0.905 bits per heavy atom. The average Bonchev–Trinajstić information content (AvgIpc) is 2.53. The SMILES string of the molecule is COc1ccnc(-c2c(OC)c(OC)cc[n+]2[O-])c1OC. The summed E-state index contributed by atoms with van der Waals surface area (Å²) < 4.78 is 21.7. The molecule has 7 heteroatoms. The van der Waals surface area contributed by atoms with Gasteiger partial charge in [0.15, 0.2) is 29.1 Å². The summed E-state index contributed by atoms with van der Waals surface area (Å²) in [5, 5.41) is 12.2. The first kappa shape index (κ1) is 14.7. The van der Waals surface area contributed by atoms with Crippen LogP contribution in [0.4, 0.5) is 0 Å². The molecular formula is C14H16N2O5. The van der Waals surface area contributed by atoms with Crippen LogP contribution in [0, 0.1) is 5.21 Å². The number of pyridine rings is 2. The van der Waals surface area contributed by atoms with Crippen molar-refractivity contribution in [3.8, 4) is 34.4 Å². The lowest BCUT2D eigenvalue weighted by atomic mass is 10.2. The van der Waals surface area contributed by atoms with Crippen molar-refractivity contribution in [2.45, 2.75) is 0 Å². The molecule has 0 aliphatic carbocycles. The number of methoxy groups -OCH3 is 4. The van der Waals surface area contributed by atoms with Crippen LogP contribution in [0.1, 0.15) is 0 Å². The monoisotopic (exact) mass is 292 g/mol. The molecule has 0 amide bonds. The predicted molar refractivity (Wildman–Crippen MR) is 74.8 cm³/mol. The highest BCUT2D eigenvalue weighted by atomic mass is 16.5. The second-order valence-electron chi connectivity index (χ2n) is 3.99. The Morgan fingerprint density at radius 2 is 1.52 bits per heavy atom. The van der Waals surface area contributed by atoms with Crippen molar-refractivity contribution < 1.29 is 23.7 Å². The van der Waals surface area contributed by atoms with Crippen molar-refractivity contribution >= 4 is 0 Å². The van der Waals surface area contributed by atoms with E-state index in [0.717, 1.165) is 0 Å². The molecule has 2 aromatic rings. The predicted octanol–water partition coefficient (Wildman–Crippen LogP) is 1.42. The first-order valence-electron chi connectivity index (χ1n) is 6.09. The molecule has 7 nitrogen and oxygen atoms in total. The molecule has 0 aliphatic rings. The molecule has 0 saturated carbocycles. The summed E-state index contributed by atoms with van der Waals surface area (Å²) >= 11 is 0. The summed E-state index contributed by atoms with van der Waals surface area (Å²) in [6, 6.07) is 3.16. The third-order valence-electron chi connectivity index (χ3n) is 2.96. The largest absolute Gasteiger partial charge is 0.618 e. The first-order valence-corrected chi connectivity index (χ1v) is 6.09. The van der Waals surface area contributed by atoms with Gasteiger partial charge in [0.25, 0.3) is 5.69 Å². The lowest BCUT2D eigenvalue weighted by Gasteiger charge is -2.14. The van der Waals surface area contributed by atoms with E-state index in [2.05, 4.69) is 4.98 Å². The van der Waals surface area contributed by atoms with Gasteiger partial charge < -0.3 is 24.2 Å². The van der Waals surface area contributed by atoms with Crippen molar-refractivity contribution in [3.05, 3.63) is 29.7 Å². The lowest BCUT2D eigenvalue weighted by Crippen LogP contribution is -2.29. The van der Waals surface area contributed by atoms with Crippen LogP contribution in [0.2, 0.25) is 0 Å². The molecule has 0 atom stereocenters. The van der Waals surface area contributed by atoms with Crippen LogP contribution in [0.25, 0.3) is 11.4 Å². The third-order valence-corrected chi connectivity index (χ3v) is 2.96. The Balaban J connectivity index is 2.78. The van der Waals surface area contributed by atoms with Crippen molar-refractivity contribution in [1.29, 1.82) is 0 Å². The molecule has 2 heterocycles. The summed E-state index contributed by atoms with van der Waals surface area (Å²) in [5.74, 6) is 1.50. The summed E-state index contributed by atoms with van der Waals surface area (Å²) in [7, 11) is 5.93. The quantitative estimate of drug-likeness (QED) is 0.612. The van der Waals surface area contributed by atoms with Crippen LogP contribution in [0.3, 0.4) is 0 Å². The van der Waals surface area contributed by atoms with E-state index >= 15 is 0 Å². The molecule has 0 spiro atoms. The second-order valence-corrected chi connectivity index (χ2v) is 3.99. The molecular weight excluding hydrogens is 276 g/mol. The zero-order chi connectivity index (χ0) is 15.4. The van der Waals surface area contributed by atoms with Gasteiger partial charge in [0.2, 0.25) is 5.75 Å². The fraction of sp³-hybridized carbons (Fsp3) is 0.286. The van der Waals surface area contributed by atoms with E-state index in [4.69, 9.17) is 18.9 Å². The number of hydrogen-bond donors (Lipinski definition) is 0. The minimum atomic E-state index is 0.188. The smallest absolute Gasteiger partial charge is 0.292 e. The summed E-state index contributed by atoms with van der Waals surface area (Å²) in [6.07, 6.45) is 2.84. The zero-order valence-electron chi connectivity index (χ0n) is 12.2. The van der Waals surface area contributed by atoms with E-state index in [1.165, 1.54) is 46.9 Å². The van der Waals surface area contributed by atoms with Gasteiger partial charge in [-0.2, -0.15) is 4.73 Å². The Labute approximate surface area is 122 Å². The van der Waals surface area contributed by atoms with Gasteiger partial charge in [0, 0.05) is 18.3 Å². The van der Waals surface area contributed by atoms with Crippen LogP contribution >= 0.6 is 0 Å². The van der Waals surface area contributed by atoms with Crippen LogP contribution < -0.4 is 23.7 Å². The van der Waals surface area contributed by atoms with Crippen molar-refractivity contribution in [2.75, 3.05) is 28.4 Å². The highest BCUT2D eigenvalue weighted by Crippen LogP contribution is 2.41. The first-order chi connectivity index (χ1) is 10.2. The van der Waals surface area contributed by atoms with Crippen LogP contribution in [0.5, 0.6) is 23.0 Å². The maximum absolute atomic E-state index is 12.2. The number of nitrogens with zero attached hydrogens (tertiary/aromatic N) is 2. The molecule has 0 aromatic carbocycles. The van der Waals surface area contributed by atoms with E-state index < -0.39 is 0 Å².